The molecule has 1 fully saturated rings. The number of fused-ring (bicyclic) bond motifs is 1. The molecule has 0 spiro atoms. The monoisotopic (exact) mass is 447 g/mol. The molecule has 0 aliphatic carbocycles. The maximum absolute atomic E-state index is 13.3. The van der Waals surface area contributed by atoms with Crippen LogP contribution in [0.3, 0.4) is 0 Å². The van der Waals surface area contributed by atoms with Crippen LogP contribution in [0.2, 0.25) is 10.0 Å². The van der Waals surface area contributed by atoms with E-state index in [-0.39, 0.29) is 24.2 Å². The number of likely N-dealkylation sites (tertiary alicyclic amines) is 1. The highest BCUT2D eigenvalue weighted by atomic mass is 35.5. The van der Waals surface area contributed by atoms with Crippen LogP contribution in [0.15, 0.2) is 42.5 Å². The number of benzene rings is 2. The Kier molecular flexibility index (Phi) is 6.06. The van der Waals surface area contributed by atoms with E-state index in [2.05, 4.69) is 5.32 Å². The molecule has 2 heterocycles. The Morgan fingerprint density at radius 3 is 2.60 bits per heavy atom. The van der Waals surface area contributed by atoms with E-state index in [9.17, 15) is 9.59 Å². The standard InChI is InChI=1S/C22H23Cl2N3O3/c1-2-30-22(29)26-11-9-15(10-12-26)27-20(16-5-3-4-6-17(16)21(27)28)25-19-8-7-14(23)13-18(19)24/h3-8,13,15,20,25H,2,9-12H2,1H3/t20-/m1/s1. The lowest BCUT2D eigenvalue weighted by Gasteiger charge is -2.39. The van der Waals surface area contributed by atoms with E-state index in [1.54, 1.807) is 24.0 Å². The lowest BCUT2D eigenvalue weighted by molar-refractivity contribution is 0.0496. The highest BCUT2D eigenvalue weighted by molar-refractivity contribution is 6.36. The van der Waals surface area contributed by atoms with Crippen molar-refractivity contribution in [3.63, 3.8) is 0 Å². The number of amides is 2. The summed E-state index contributed by atoms with van der Waals surface area (Å²) in [5, 5.41) is 4.48. The Morgan fingerprint density at radius 1 is 1.17 bits per heavy atom. The smallest absolute Gasteiger partial charge is 0.409 e. The van der Waals surface area contributed by atoms with Gasteiger partial charge in [-0.25, -0.2) is 4.79 Å². The summed E-state index contributed by atoms with van der Waals surface area (Å²) in [7, 11) is 0. The molecule has 4 rings (SSSR count). The van der Waals surface area contributed by atoms with E-state index in [0.29, 0.717) is 53.8 Å². The van der Waals surface area contributed by atoms with Crippen LogP contribution < -0.4 is 5.32 Å². The van der Waals surface area contributed by atoms with E-state index in [0.717, 1.165) is 5.56 Å². The first-order chi connectivity index (χ1) is 14.5. The van der Waals surface area contributed by atoms with Crippen LogP contribution in [-0.2, 0) is 4.74 Å². The largest absolute Gasteiger partial charge is 0.450 e. The zero-order valence-electron chi connectivity index (χ0n) is 16.6. The van der Waals surface area contributed by atoms with Gasteiger partial charge >= 0.3 is 6.09 Å². The van der Waals surface area contributed by atoms with Gasteiger partial charge in [-0.2, -0.15) is 0 Å². The summed E-state index contributed by atoms with van der Waals surface area (Å²) in [5.41, 5.74) is 2.32. The number of hydrogen-bond acceptors (Lipinski definition) is 4. The van der Waals surface area contributed by atoms with E-state index >= 15 is 0 Å². The minimum Gasteiger partial charge on any atom is -0.450 e. The Morgan fingerprint density at radius 2 is 1.90 bits per heavy atom. The molecule has 0 unspecified atom stereocenters. The first-order valence-corrected chi connectivity index (χ1v) is 10.8. The number of carbonyl (C=O) groups is 2. The van der Waals surface area contributed by atoms with Crippen LogP contribution in [0.1, 0.15) is 41.9 Å². The van der Waals surface area contributed by atoms with Gasteiger partial charge in [-0.3, -0.25) is 4.79 Å². The molecule has 2 aromatic rings. The van der Waals surface area contributed by atoms with Gasteiger partial charge in [0.1, 0.15) is 6.17 Å². The van der Waals surface area contributed by atoms with Crippen molar-refractivity contribution in [1.82, 2.24) is 9.80 Å². The number of piperidine rings is 1. The van der Waals surface area contributed by atoms with Gasteiger partial charge in [0, 0.05) is 35.3 Å². The molecule has 2 aliphatic rings. The van der Waals surface area contributed by atoms with Crippen molar-refractivity contribution in [2.45, 2.75) is 32.0 Å². The molecule has 2 amide bonds. The van der Waals surface area contributed by atoms with Gasteiger partial charge in [0.25, 0.3) is 5.91 Å². The summed E-state index contributed by atoms with van der Waals surface area (Å²) in [4.78, 5) is 28.9. The predicted octanol–water partition coefficient (Wildman–Crippen LogP) is 5.18. The molecule has 1 N–H and O–H groups in total. The van der Waals surface area contributed by atoms with Crippen molar-refractivity contribution in [1.29, 1.82) is 0 Å². The van der Waals surface area contributed by atoms with Gasteiger partial charge in [-0.15, -0.1) is 0 Å². The lowest BCUT2D eigenvalue weighted by atomic mass is 10.0. The third-order valence-electron chi connectivity index (χ3n) is 5.61. The zero-order chi connectivity index (χ0) is 21.3. The maximum atomic E-state index is 13.3. The fourth-order valence-corrected chi connectivity index (χ4v) is 4.62. The number of nitrogens with zero attached hydrogens (tertiary/aromatic N) is 2. The molecule has 6 nitrogen and oxygen atoms in total. The highest BCUT2D eigenvalue weighted by Gasteiger charge is 2.42. The maximum Gasteiger partial charge on any atom is 0.409 e. The average Bonchev–Trinajstić information content (AvgIpc) is 3.02. The molecular weight excluding hydrogens is 425 g/mol. The first-order valence-electron chi connectivity index (χ1n) is 10.0. The number of rotatable bonds is 4. The summed E-state index contributed by atoms with van der Waals surface area (Å²) in [5.74, 6) is -0.0113. The summed E-state index contributed by atoms with van der Waals surface area (Å²) in [6, 6.07) is 12.9. The zero-order valence-corrected chi connectivity index (χ0v) is 18.1. The number of anilines is 1. The second-order valence-electron chi connectivity index (χ2n) is 7.39. The second kappa shape index (κ2) is 8.74. The van der Waals surface area contributed by atoms with Gasteiger partial charge in [-0.1, -0.05) is 41.4 Å². The van der Waals surface area contributed by atoms with Crippen molar-refractivity contribution in [3.8, 4) is 0 Å². The number of carbonyl (C=O) groups excluding carboxylic acids is 2. The third-order valence-corrected chi connectivity index (χ3v) is 6.15. The molecular formula is C22H23Cl2N3O3. The molecule has 8 heteroatoms. The molecule has 30 heavy (non-hydrogen) atoms. The van der Waals surface area contributed by atoms with Crippen molar-refractivity contribution >= 4 is 40.9 Å². The van der Waals surface area contributed by atoms with Gasteiger partial charge < -0.3 is 19.9 Å². The van der Waals surface area contributed by atoms with Crippen LogP contribution >= 0.6 is 23.2 Å². The quantitative estimate of drug-likeness (QED) is 0.700. The molecule has 0 saturated carbocycles. The molecule has 2 aliphatic heterocycles. The third kappa shape index (κ3) is 3.94. The molecule has 1 saturated heterocycles. The normalized spacial score (nSPS) is 19.0. The minimum absolute atomic E-state index is 0.000785. The number of hydrogen-bond donors (Lipinski definition) is 1. The predicted molar refractivity (Wildman–Crippen MR) is 117 cm³/mol. The summed E-state index contributed by atoms with van der Waals surface area (Å²) in [6.45, 7) is 3.26. The van der Waals surface area contributed by atoms with Gasteiger partial charge in [0.05, 0.1) is 17.3 Å². The van der Waals surface area contributed by atoms with Crippen LogP contribution in [-0.4, -0.2) is 47.5 Å². The van der Waals surface area contributed by atoms with Crippen molar-refractivity contribution in [2.75, 3.05) is 25.0 Å². The Bertz CT molecular complexity index is 960. The van der Waals surface area contributed by atoms with Gasteiger partial charge in [0.2, 0.25) is 0 Å². The van der Waals surface area contributed by atoms with E-state index in [1.165, 1.54) is 0 Å². The van der Waals surface area contributed by atoms with Gasteiger partial charge in [0.15, 0.2) is 0 Å². The van der Waals surface area contributed by atoms with E-state index in [1.807, 2.05) is 35.2 Å². The van der Waals surface area contributed by atoms with Crippen molar-refractivity contribution in [2.24, 2.45) is 0 Å². The van der Waals surface area contributed by atoms with E-state index < -0.39 is 0 Å². The van der Waals surface area contributed by atoms with E-state index in [4.69, 9.17) is 27.9 Å². The molecule has 0 bridgehead atoms. The SMILES string of the molecule is CCOC(=O)N1CCC(N2C(=O)c3ccccc3[C@@H]2Nc2ccc(Cl)cc2Cl)CC1. The fraction of sp³-hybridized carbons (Fsp3) is 0.364. The minimum atomic E-state index is -0.341. The Hall–Kier alpha value is -2.44. The first kappa shape index (κ1) is 20.8. The summed E-state index contributed by atoms with van der Waals surface area (Å²) < 4.78 is 5.11. The Labute approximate surface area is 185 Å². The van der Waals surface area contributed by atoms with Crippen LogP contribution in [0, 0.1) is 0 Å². The average molecular weight is 448 g/mol. The lowest BCUT2D eigenvalue weighted by Crippen LogP contribution is -2.49. The fourth-order valence-electron chi connectivity index (χ4n) is 4.16. The topological polar surface area (TPSA) is 61.9 Å². The number of ether oxygens (including phenoxy) is 1. The highest BCUT2D eigenvalue weighted by Crippen LogP contribution is 2.39. The van der Waals surface area contributed by atoms with Crippen LogP contribution in [0.5, 0.6) is 0 Å². The number of halogens is 2. The molecule has 158 valence electrons. The molecule has 0 radical (unpaired) electrons. The summed E-state index contributed by atoms with van der Waals surface area (Å²) in [6.07, 6.45) is 0.733. The van der Waals surface area contributed by atoms with Crippen molar-refractivity contribution < 1.29 is 14.3 Å². The van der Waals surface area contributed by atoms with Crippen LogP contribution in [0.25, 0.3) is 0 Å². The summed E-state index contributed by atoms with van der Waals surface area (Å²) >= 11 is 12.4. The molecule has 1 atom stereocenters. The Balaban J connectivity index is 1.58. The number of nitrogens with one attached hydrogen (secondary N) is 1. The van der Waals surface area contributed by atoms with Crippen molar-refractivity contribution in [3.05, 3.63) is 63.6 Å². The van der Waals surface area contributed by atoms with Gasteiger partial charge in [-0.05, 0) is 44.0 Å². The van der Waals surface area contributed by atoms with Crippen LogP contribution in [0.4, 0.5) is 10.5 Å². The second-order valence-corrected chi connectivity index (χ2v) is 8.23. The molecule has 0 aromatic heterocycles. The molecule has 2 aromatic carbocycles.